The minimum absolute atomic E-state index is 0.188. The number of nitrogens with one attached hydrogen (secondary N) is 1. The highest BCUT2D eigenvalue weighted by atomic mass is 16.5. The lowest BCUT2D eigenvalue weighted by molar-refractivity contribution is 0.239. The summed E-state index contributed by atoms with van der Waals surface area (Å²) < 4.78 is 11.0. The van der Waals surface area contributed by atoms with Crippen molar-refractivity contribution >= 4 is 0 Å². The van der Waals surface area contributed by atoms with Crippen LogP contribution in [0.15, 0.2) is 48.5 Å². The quantitative estimate of drug-likeness (QED) is 0.840. The molecule has 2 aromatic rings. The van der Waals surface area contributed by atoms with Gasteiger partial charge in [-0.15, -0.1) is 0 Å². The van der Waals surface area contributed by atoms with Crippen molar-refractivity contribution in [2.75, 3.05) is 7.11 Å². The first-order valence-corrected chi connectivity index (χ1v) is 7.27. The molecule has 0 radical (unpaired) electrons. The van der Waals surface area contributed by atoms with Gasteiger partial charge in [-0.05, 0) is 37.6 Å². The van der Waals surface area contributed by atoms with Crippen LogP contribution in [0.4, 0.5) is 0 Å². The molecule has 0 aromatic heterocycles. The van der Waals surface area contributed by atoms with Crippen LogP contribution in [-0.2, 0) is 13.1 Å². The second kappa shape index (κ2) is 7.70. The molecule has 112 valence electrons. The van der Waals surface area contributed by atoms with Crippen LogP contribution in [0.1, 0.15) is 25.0 Å². The van der Waals surface area contributed by atoms with E-state index in [2.05, 4.69) is 23.5 Å². The summed E-state index contributed by atoms with van der Waals surface area (Å²) >= 11 is 0. The molecule has 0 unspecified atom stereocenters. The van der Waals surface area contributed by atoms with E-state index < -0.39 is 0 Å². The zero-order valence-corrected chi connectivity index (χ0v) is 12.9. The van der Waals surface area contributed by atoms with E-state index in [4.69, 9.17) is 9.47 Å². The first-order valence-electron chi connectivity index (χ1n) is 7.27. The number of rotatable bonds is 7. The molecule has 0 saturated heterocycles. The van der Waals surface area contributed by atoms with Crippen LogP contribution in [0.5, 0.6) is 11.5 Å². The van der Waals surface area contributed by atoms with E-state index in [1.807, 2.05) is 44.2 Å². The molecule has 2 rings (SSSR count). The van der Waals surface area contributed by atoms with Crippen LogP contribution < -0.4 is 14.8 Å². The van der Waals surface area contributed by atoms with Crippen molar-refractivity contribution in [2.24, 2.45) is 0 Å². The Bertz CT molecular complexity index is 549. The Morgan fingerprint density at radius 3 is 2.33 bits per heavy atom. The molecule has 0 spiro atoms. The molecule has 0 aliphatic heterocycles. The van der Waals surface area contributed by atoms with Gasteiger partial charge in [-0.2, -0.15) is 0 Å². The summed E-state index contributed by atoms with van der Waals surface area (Å²) in [4.78, 5) is 0. The van der Waals surface area contributed by atoms with Gasteiger partial charge in [0.1, 0.15) is 11.5 Å². The Morgan fingerprint density at radius 2 is 1.67 bits per heavy atom. The maximum atomic E-state index is 5.82. The van der Waals surface area contributed by atoms with Gasteiger partial charge in [0.25, 0.3) is 0 Å². The highest BCUT2D eigenvalue weighted by molar-refractivity contribution is 5.33. The topological polar surface area (TPSA) is 30.5 Å². The Labute approximate surface area is 126 Å². The van der Waals surface area contributed by atoms with Crippen molar-refractivity contribution in [3.63, 3.8) is 0 Å². The summed E-state index contributed by atoms with van der Waals surface area (Å²) in [7, 11) is 1.68. The fourth-order valence-electron chi connectivity index (χ4n) is 2.10. The van der Waals surface area contributed by atoms with Gasteiger partial charge in [0.2, 0.25) is 0 Å². The molecule has 0 atom stereocenters. The Kier molecular flexibility index (Phi) is 5.64. The SMILES string of the molecule is COc1ccc(CNCc2ccccc2OC(C)C)cc1. The molecule has 2 aromatic carbocycles. The first kappa shape index (κ1) is 15.4. The predicted molar refractivity (Wildman–Crippen MR) is 85.7 cm³/mol. The molecule has 0 aliphatic rings. The van der Waals surface area contributed by atoms with Crippen LogP contribution in [0.3, 0.4) is 0 Å². The van der Waals surface area contributed by atoms with E-state index in [-0.39, 0.29) is 6.10 Å². The molecule has 0 aliphatic carbocycles. The van der Waals surface area contributed by atoms with Crippen LogP contribution >= 0.6 is 0 Å². The molecular weight excluding hydrogens is 262 g/mol. The third kappa shape index (κ3) is 4.80. The normalized spacial score (nSPS) is 10.7. The second-order valence-electron chi connectivity index (χ2n) is 5.23. The van der Waals surface area contributed by atoms with Crippen LogP contribution in [0.2, 0.25) is 0 Å². The summed E-state index contributed by atoms with van der Waals surface area (Å²) in [6.45, 7) is 5.69. The smallest absolute Gasteiger partial charge is 0.124 e. The maximum Gasteiger partial charge on any atom is 0.124 e. The number of hydrogen-bond acceptors (Lipinski definition) is 3. The van der Waals surface area contributed by atoms with Crippen LogP contribution in [-0.4, -0.2) is 13.2 Å². The number of ether oxygens (including phenoxy) is 2. The summed E-state index contributed by atoms with van der Waals surface area (Å²) in [5.41, 5.74) is 2.41. The maximum absolute atomic E-state index is 5.82. The molecule has 21 heavy (non-hydrogen) atoms. The van der Waals surface area contributed by atoms with Crippen molar-refractivity contribution in [2.45, 2.75) is 33.0 Å². The zero-order valence-electron chi connectivity index (χ0n) is 12.9. The fourth-order valence-corrected chi connectivity index (χ4v) is 2.10. The first-order chi connectivity index (χ1) is 10.2. The lowest BCUT2D eigenvalue weighted by atomic mass is 10.2. The molecule has 0 heterocycles. The molecule has 3 nitrogen and oxygen atoms in total. The molecule has 0 saturated carbocycles. The van der Waals surface area contributed by atoms with E-state index in [1.54, 1.807) is 7.11 Å². The molecule has 1 N–H and O–H groups in total. The summed E-state index contributed by atoms with van der Waals surface area (Å²) in [5.74, 6) is 1.84. The van der Waals surface area contributed by atoms with Gasteiger partial charge in [0.15, 0.2) is 0 Å². The number of benzene rings is 2. The van der Waals surface area contributed by atoms with Crippen LogP contribution in [0.25, 0.3) is 0 Å². The average Bonchev–Trinajstić information content (AvgIpc) is 2.49. The Hall–Kier alpha value is -2.00. The van der Waals surface area contributed by atoms with Gasteiger partial charge in [-0.25, -0.2) is 0 Å². The lowest BCUT2D eigenvalue weighted by Gasteiger charge is -2.14. The van der Waals surface area contributed by atoms with E-state index >= 15 is 0 Å². The molecular formula is C18H23NO2. The van der Waals surface area contributed by atoms with Gasteiger partial charge in [-0.1, -0.05) is 30.3 Å². The number of hydrogen-bond donors (Lipinski definition) is 1. The van der Waals surface area contributed by atoms with Crippen LogP contribution in [0, 0.1) is 0 Å². The zero-order chi connectivity index (χ0) is 15.1. The van der Waals surface area contributed by atoms with Crippen molar-refractivity contribution in [1.82, 2.24) is 5.32 Å². The summed E-state index contributed by atoms with van der Waals surface area (Å²) in [5, 5.41) is 3.45. The molecule has 0 amide bonds. The standard InChI is InChI=1S/C18H23NO2/c1-14(2)21-18-7-5-4-6-16(18)13-19-12-15-8-10-17(20-3)11-9-15/h4-11,14,19H,12-13H2,1-3H3. The van der Waals surface area contributed by atoms with Gasteiger partial charge >= 0.3 is 0 Å². The minimum atomic E-state index is 0.188. The molecule has 0 bridgehead atoms. The third-order valence-electron chi connectivity index (χ3n) is 3.14. The van der Waals surface area contributed by atoms with Crippen molar-refractivity contribution in [3.05, 3.63) is 59.7 Å². The average molecular weight is 285 g/mol. The highest BCUT2D eigenvalue weighted by Crippen LogP contribution is 2.19. The highest BCUT2D eigenvalue weighted by Gasteiger charge is 2.04. The van der Waals surface area contributed by atoms with Crippen molar-refractivity contribution in [1.29, 1.82) is 0 Å². The summed E-state index contributed by atoms with van der Waals surface area (Å²) in [6.07, 6.45) is 0.188. The van der Waals surface area contributed by atoms with E-state index in [9.17, 15) is 0 Å². The number of para-hydroxylation sites is 1. The fraction of sp³-hybridized carbons (Fsp3) is 0.333. The van der Waals surface area contributed by atoms with Crippen molar-refractivity contribution in [3.8, 4) is 11.5 Å². The monoisotopic (exact) mass is 285 g/mol. The molecule has 3 heteroatoms. The molecule has 0 fully saturated rings. The third-order valence-corrected chi connectivity index (χ3v) is 3.14. The van der Waals surface area contributed by atoms with Gasteiger partial charge in [-0.3, -0.25) is 0 Å². The van der Waals surface area contributed by atoms with Gasteiger partial charge in [0, 0.05) is 18.7 Å². The van der Waals surface area contributed by atoms with E-state index in [1.165, 1.54) is 11.1 Å². The minimum Gasteiger partial charge on any atom is -0.497 e. The number of methoxy groups -OCH3 is 1. The van der Waals surface area contributed by atoms with E-state index in [0.29, 0.717) is 0 Å². The predicted octanol–water partition coefficient (Wildman–Crippen LogP) is 3.77. The Balaban J connectivity index is 1.90. The second-order valence-corrected chi connectivity index (χ2v) is 5.23. The van der Waals surface area contributed by atoms with Gasteiger partial charge in [0.05, 0.1) is 13.2 Å². The van der Waals surface area contributed by atoms with Crippen molar-refractivity contribution < 1.29 is 9.47 Å². The van der Waals surface area contributed by atoms with Gasteiger partial charge < -0.3 is 14.8 Å². The largest absolute Gasteiger partial charge is 0.497 e. The van der Waals surface area contributed by atoms with E-state index in [0.717, 1.165) is 24.6 Å². The summed E-state index contributed by atoms with van der Waals surface area (Å²) in [6, 6.07) is 16.3. The Morgan fingerprint density at radius 1 is 0.952 bits per heavy atom. The lowest BCUT2D eigenvalue weighted by Crippen LogP contribution is -2.15.